The predicted octanol–water partition coefficient (Wildman–Crippen LogP) is 3.69. The number of piperidine rings is 1. The Labute approximate surface area is 161 Å². The van der Waals surface area contributed by atoms with Gasteiger partial charge in [0.1, 0.15) is 6.04 Å². The van der Waals surface area contributed by atoms with Crippen molar-refractivity contribution in [3.63, 3.8) is 0 Å². The van der Waals surface area contributed by atoms with Crippen molar-refractivity contribution < 1.29 is 4.79 Å². The Bertz CT molecular complexity index is 805. The van der Waals surface area contributed by atoms with Gasteiger partial charge >= 0.3 is 0 Å². The molecule has 140 valence electrons. The molecule has 1 amide bonds. The van der Waals surface area contributed by atoms with Crippen LogP contribution in [0.15, 0.2) is 48.5 Å². The lowest BCUT2D eigenvalue weighted by molar-refractivity contribution is -0.125. The van der Waals surface area contributed by atoms with Crippen molar-refractivity contribution in [1.82, 2.24) is 4.90 Å². The van der Waals surface area contributed by atoms with Gasteiger partial charge in [-0.2, -0.15) is 5.26 Å². The number of nitrogens with two attached hydrogens (primary N) is 1. The minimum Gasteiger partial charge on any atom is -0.368 e. The van der Waals surface area contributed by atoms with Crippen molar-refractivity contribution in [2.75, 3.05) is 6.54 Å². The van der Waals surface area contributed by atoms with E-state index in [4.69, 9.17) is 5.73 Å². The summed E-state index contributed by atoms with van der Waals surface area (Å²) in [5, 5.41) is 9.68. The first kappa shape index (κ1) is 19.1. The van der Waals surface area contributed by atoms with E-state index in [2.05, 4.69) is 61.5 Å². The second kappa shape index (κ2) is 8.83. The number of carbonyl (C=O) groups excluding carboxylic acids is 1. The lowest BCUT2D eigenvalue weighted by atomic mass is 9.95. The fraction of sp³-hybridized carbons (Fsp3) is 0.391. The quantitative estimate of drug-likeness (QED) is 0.853. The molecular weight excluding hydrogens is 334 g/mol. The molecule has 1 unspecified atom stereocenters. The van der Waals surface area contributed by atoms with Gasteiger partial charge in [-0.15, -0.1) is 0 Å². The topological polar surface area (TPSA) is 70.1 Å². The van der Waals surface area contributed by atoms with Gasteiger partial charge in [0.05, 0.1) is 12.1 Å². The second-order valence-electron chi connectivity index (χ2n) is 7.25. The standard InChI is InChI=1S/C23H27N3O/c1-2-17-6-10-19(11-7-17)20-12-8-18(9-13-20)15-21(16-24)26-14-4-3-5-22(26)23(25)27/h6-13,21-22H,2-5,14-15H2,1H3,(H2,25,27)/t21-,22?/m0/s1. The van der Waals surface area contributed by atoms with E-state index in [1.165, 1.54) is 16.7 Å². The van der Waals surface area contributed by atoms with E-state index in [9.17, 15) is 10.1 Å². The van der Waals surface area contributed by atoms with Crippen LogP contribution in [0, 0.1) is 11.3 Å². The minimum absolute atomic E-state index is 0.319. The largest absolute Gasteiger partial charge is 0.368 e. The molecule has 0 radical (unpaired) electrons. The molecule has 2 N–H and O–H groups in total. The summed E-state index contributed by atoms with van der Waals surface area (Å²) in [7, 11) is 0. The molecule has 27 heavy (non-hydrogen) atoms. The van der Waals surface area contributed by atoms with E-state index in [-0.39, 0.29) is 18.0 Å². The summed E-state index contributed by atoms with van der Waals surface area (Å²) in [6, 6.07) is 18.7. The molecule has 1 aliphatic rings. The van der Waals surface area contributed by atoms with Crippen LogP contribution in [-0.4, -0.2) is 29.4 Å². The predicted molar refractivity (Wildman–Crippen MR) is 108 cm³/mol. The highest BCUT2D eigenvalue weighted by molar-refractivity contribution is 5.80. The lowest BCUT2D eigenvalue weighted by Gasteiger charge is -2.36. The number of nitrogens with zero attached hydrogens (tertiary/aromatic N) is 2. The zero-order valence-electron chi connectivity index (χ0n) is 15.9. The third-order valence-corrected chi connectivity index (χ3v) is 5.50. The number of amides is 1. The summed E-state index contributed by atoms with van der Waals surface area (Å²) >= 11 is 0. The van der Waals surface area contributed by atoms with Crippen molar-refractivity contribution >= 4 is 5.91 Å². The van der Waals surface area contributed by atoms with Crippen LogP contribution >= 0.6 is 0 Å². The molecule has 0 bridgehead atoms. The van der Waals surface area contributed by atoms with E-state index in [1.807, 2.05) is 4.90 Å². The molecule has 2 aromatic rings. The summed E-state index contributed by atoms with van der Waals surface area (Å²) in [6.07, 6.45) is 4.40. The van der Waals surface area contributed by atoms with E-state index >= 15 is 0 Å². The first-order valence-electron chi connectivity index (χ1n) is 9.75. The average Bonchev–Trinajstić information content (AvgIpc) is 2.72. The lowest BCUT2D eigenvalue weighted by Crippen LogP contribution is -2.52. The van der Waals surface area contributed by atoms with Crippen LogP contribution in [-0.2, 0) is 17.6 Å². The van der Waals surface area contributed by atoms with Gasteiger partial charge in [0.15, 0.2) is 0 Å². The van der Waals surface area contributed by atoms with Gasteiger partial charge in [-0.25, -0.2) is 0 Å². The molecular formula is C23H27N3O. The maximum Gasteiger partial charge on any atom is 0.234 e. The Morgan fingerprint density at radius 1 is 1.11 bits per heavy atom. The molecule has 0 aromatic heterocycles. The van der Waals surface area contributed by atoms with Crippen LogP contribution in [0.1, 0.15) is 37.3 Å². The summed E-state index contributed by atoms with van der Waals surface area (Å²) in [5.41, 5.74) is 10.4. The maximum atomic E-state index is 11.8. The Balaban J connectivity index is 1.72. The molecule has 2 aromatic carbocycles. The minimum atomic E-state index is -0.322. The van der Waals surface area contributed by atoms with Crippen LogP contribution in [0.3, 0.4) is 0 Å². The Morgan fingerprint density at radius 3 is 2.22 bits per heavy atom. The molecule has 4 nitrogen and oxygen atoms in total. The molecule has 0 aliphatic carbocycles. The van der Waals surface area contributed by atoms with Crippen molar-refractivity contribution in [2.45, 2.75) is 51.1 Å². The highest BCUT2D eigenvalue weighted by Crippen LogP contribution is 2.24. The van der Waals surface area contributed by atoms with Crippen LogP contribution in [0.5, 0.6) is 0 Å². The average molecular weight is 361 g/mol. The van der Waals surface area contributed by atoms with Crippen LogP contribution < -0.4 is 5.73 Å². The number of likely N-dealkylation sites (tertiary alicyclic amines) is 1. The van der Waals surface area contributed by atoms with Crippen LogP contribution in [0.25, 0.3) is 11.1 Å². The monoisotopic (exact) mass is 361 g/mol. The summed E-state index contributed by atoms with van der Waals surface area (Å²) in [6.45, 7) is 2.91. The highest BCUT2D eigenvalue weighted by atomic mass is 16.1. The number of hydrogen-bond donors (Lipinski definition) is 1. The molecule has 3 rings (SSSR count). The summed E-state index contributed by atoms with van der Waals surface area (Å²) in [4.78, 5) is 13.7. The highest BCUT2D eigenvalue weighted by Gasteiger charge is 2.32. The van der Waals surface area contributed by atoms with E-state index in [0.717, 1.165) is 37.8 Å². The number of benzene rings is 2. The number of aryl methyl sites for hydroxylation is 1. The van der Waals surface area contributed by atoms with Crippen molar-refractivity contribution in [1.29, 1.82) is 5.26 Å². The van der Waals surface area contributed by atoms with Crippen molar-refractivity contribution in [3.8, 4) is 17.2 Å². The number of nitriles is 1. The van der Waals surface area contributed by atoms with Gasteiger partial charge < -0.3 is 5.73 Å². The second-order valence-corrected chi connectivity index (χ2v) is 7.25. The van der Waals surface area contributed by atoms with Crippen LogP contribution in [0.2, 0.25) is 0 Å². The maximum absolute atomic E-state index is 11.8. The fourth-order valence-electron chi connectivity index (χ4n) is 3.86. The van der Waals surface area contributed by atoms with Crippen molar-refractivity contribution in [2.24, 2.45) is 5.73 Å². The van der Waals surface area contributed by atoms with Gasteiger partial charge in [0.2, 0.25) is 5.91 Å². The Hall–Kier alpha value is -2.64. The SMILES string of the molecule is CCc1ccc(-c2ccc(C[C@@H](C#N)N3CCCCC3C(N)=O)cc2)cc1. The third-order valence-electron chi connectivity index (χ3n) is 5.50. The number of rotatable bonds is 6. The van der Waals surface area contributed by atoms with Gasteiger partial charge in [-0.05, 0) is 41.5 Å². The third kappa shape index (κ3) is 4.56. The van der Waals surface area contributed by atoms with Gasteiger partial charge in [-0.3, -0.25) is 9.69 Å². The van der Waals surface area contributed by atoms with E-state index in [1.54, 1.807) is 0 Å². The van der Waals surface area contributed by atoms with Crippen LogP contribution in [0.4, 0.5) is 0 Å². The molecule has 1 saturated heterocycles. The van der Waals surface area contributed by atoms with Crippen molar-refractivity contribution in [3.05, 3.63) is 59.7 Å². The fourth-order valence-corrected chi connectivity index (χ4v) is 3.86. The van der Waals surface area contributed by atoms with Gasteiger partial charge in [0.25, 0.3) is 0 Å². The normalized spacial score (nSPS) is 18.6. The molecule has 0 saturated carbocycles. The zero-order chi connectivity index (χ0) is 19.2. The smallest absolute Gasteiger partial charge is 0.234 e. The first-order chi connectivity index (χ1) is 13.1. The summed E-state index contributed by atoms with van der Waals surface area (Å²) in [5.74, 6) is -0.319. The first-order valence-corrected chi connectivity index (χ1v) is 9.75. The van der Waals surface area contributed by atoms with Gasteiger partial charge in [-0.1, -0.05) is 61.9 Å². The molecule has 1 heterocycles. The molecule has 1 fully saturated rings. The Morgan fingerprint density at radius 2 is 1.70 bits per heavy atom. The van der Waals surface area contributed by atoms with E-state index in [0.29, 0.717) is 6.42 Å². The Kier molecular flexibility index (Phi) is 6.26. The molecule has 2 atom stereocenters. The molecule has 4 heteroatoms. The molecule has 0 spiro atoms. The number of primary amides is 1. The number of carbonyl (C=O) groups is 1. The zero-order valence-corrected chi connectivity index (χ0v) is 15.9. The number of hydrogen-bond acceptors (Lipinski definition) is 3. The van der Waals surface area contributed by atoms with Gasteiger partial charge in [0, 0.05) is 13.0 Å². The van der Waals surface area contributed by atoms with E-state index < -0.39 is 0 Å². The molecule has 1 aliphatic heterocycles. The summed E-state index contributed by atoms with van der Waals surface area (Å²) < 4.78 is 0.